The molecule has 2 aromatic heterocycles. The SMILES string of the molecule is CCn1cc(NC(=O)c2cc(COc3ccc(Cl)cc3C)cs2)cn1. The minimum atomic E-state index is -0.144. The van der Waals surface area contributed by atoms with Gasteiger partial charge in [0, 0.05) is 23.3 Å². The van der Waals surface area contributed by atoms with Crippen molar-refractivity contribution in [2.45, 2.75) is 27.0 Å². The zero-order valence-electron chi connectivity index (χ0n) is 14.0. The standard InChI is InChI=1S/C18H18ClN3O2S/c1-3-22-9-15(8-20-22)21-18(23)17-7-13(11-25-17)10-24-16-5-4-14(19)6-12(16)2/h4-9,11H,3,10H2,1-2H3,(H,21,23). The van der Waals surface area contributed by atoms with Crippen molar-refractivity contribution in [2.24, 2.45) is 0 Å². The molecule has 0 fully saturated rings. The molecule has 0 saturated heterocycles. The highest BCUT2D eigenvalue weighted by molar-refractivity contribution is 7.12. The third-order valence-electron chi connectivity index (χ3n) is 3.62. The number of halogens is 1. The van der Waals surface area contributed by atoms with Crippen LogP contribution in [0.4, 0.5) is 5.69 Å². The van der Waals surface area contributed by atoms with E-state index in [0.717, 1.165) is 23.4 Å². The van der Waals surface area contributed by atoms with Crippen molar-refractivity contribution in [1.82, 2.24) is 9.78 Å². The molecule has 130 valence electrons. The highest BCUT2D eigenvalue weighted by Crippen LogP contribution is 2.24. The van der Waals surface area contributed by atoms with Gasteiger partial charge in [0.1, 0.15) is 12.4 Å². The Morgan fingerprint density at radius 2 is 2.24 bits per heavy atom. The number of thiophene rings is 1. The maximum atomic E-state index is 12.3. The molecule has 1 aromatic carbocycles. The third kappa shape index (κ3) is 4.41. The lowest BCUT2D eigenvalue weighted by atomic mass is 10.2. The molecule has 0 unspecified atom stereocenters. The fourth-order valence-corrected chi connectivity index (χ4v) is 3.32. The summed E-state index contributed by atoms with van der Waals surface area (Å²) in [7, 11) is 0. The molecule has 3 rings (SSSR count). The number of amides is 1. The molecule has 1 amide bonds. The van der Waals surface area contributed by atoms with Crippen LogP contribution in [0.25, 0.3) is 0 Å². The molecule has 25 heavy (non-hydrogen) atoms. The summed E-state index contributed by atoms with van der Waals surface area (Å²) >= 11 is 7.34. The van der Waals surface area contributed by atoms with Crippen LogP contribution in [0.1, 0.15) is 27.7 Å². The van der Waals surface area contributed by atoms with E-state index >= 15 is 0 Å². The van der Waals surface area contributed by atoms with Gasteiger partial charge in [0.2, 0.25) is 0 Å². The van der Waals surface area contributed by atoms with Crippen LogP contribution in [0.2, 0.25) is 5.02 Å². The zero-order chi connectivity index (χ0) is 17.8. The van der Waals surface area contributed by atoms with Crippen molar-refractivity contribution in [1.29, 1.82) is 0 Å². The van der Waals surface area contributed by atoms with Crippen molar-refractivity contribution in [2.75, 3.05) is 5.32 Å². The van der Waals surface area contributed by atoms with Gasteiger partial charge in [-0.25, -0.2) is 0 Å². The normalized spacial score (nSPS) is 10.7. The van der Waals surface area contributed by atoms with Crippen LogP contribution in [-0.2, 0) is 13.2 Å². The molecule has 7 heteroatoms. The monoisotopic (exact) mass is 375 g/mol. The summed E-state index contributed by atoms with van der Waals surface area (Å²) < 4.78 is 7.57. The lowest BCUT2D eigenvalue weighted by Gasteiger charge is -2.08. The predicted octanol–water partition coefficient (Wildman–Crippen LogP) is 4.76. The van der Waals surface area contributed by atoms with E-state index in [1.54, 1.807) is 23.1 Å². The average Bonchev–Trinajstić information content (AvgIpc) is 3.23. The Balaban J connectivity index is 1.60. The molecule has 0 bridgehead atoms. The second kappa shape index (κ2) is 7.72. The molecule has 3 aromatic rings. The van der Waals surface area contributed by atoms with E-state index in [0.29, 0.717) is 22.2 Å². The summed E-state index contributed by atoms with van der Waals surface area (Å²) in [6.07, 6.45) is 3.45. The summed E-state index contributed by atoms with van der Waals surface area (Å²) in [5.41, 5.74) is 2.62. The lowest BCUT2D eigenvalue weighted by molar-refractivity contribution is 0.103. The third-order valence-corrected chi connectivity index (χ3v) is 4.84. The fraction of sp³-hybridized carbons (Fsp3) is 0.222. The number of carbonyl (C=O) groups excluding carboxylic acids is 1. The number of nitrogens with zero attached hydrogens (tertiary/aromatic N) is 2. The van der Waals surface area contributed by atoms with E-state index < -0.39 is 0 Å². The molecule has 1 N–H and O–H groups in total. The van der Waals surface area contributed by atoms with Gasteiger partial charge in [-0.05, 0) is 49.1 Å². The quantitative estimate of drug-likeness (QED) is 0.675. The fourth-order valence-electron chi connectivity index (χ4n) is 2.30. The summed E-state index contributed by atoms with van der Waals surface area (Å²) in [5, 5.41) is 9.60. The van der Waals surface area contributed by atoms with Crippen LogP contribution in [0.5, 0.6) is 5.75 Å². The zero-order valence-corrected chi connectivity index (χ0v) is 15.5. The van der Waals surface area contributed by atoms with Crippen LogP contribution in [0.3, 0.4) is 0 Å². The van der Waals surface area contributed by atoms with E-state index in [-0.39, 0.29) is 5.91 Å². The smallest absolute Gasteiger partial charge is 0.265 e. The van der Waals surface area contributed by atoms with Crippen LogP contribution in [-0.4, -0.2) is 15.7 Å². The van der Waals surface area contributed by atoms with Gasteiger partial charge in [-0.15, -0.1) is 11.3 Å². The van der Waals surface area contributed by atoms with Crippen molar-refractivity contribution in [3.05, 3.63) is 63.1 Å². The molecule has 0 aliphatic rings. The molecule has 0 radical (unpaired) electrons. The first-order chi connectivity index (χ1) is 12.0. The Kier molecular flexibility index (Phi) is 5.40. The maximum absolute atomic E-state index is 12.3. The van der Waals surface area contributed by atoms with Gasteiger partial charge >= 0.3 is 0 Å². The number of aromatic nitrogens is 2. The summed E-state index contributed by atoms with van der Waals surface area (Å²) in [4.78, 5) is 12.9. The summed E-state index contributed by atoms with van der Waals surface area (Å²) in [6, 6.07) is 7.35. The number of nitrogens with one attached hydrogen (secondary N) is 1. The number of aryl methyl sites for hydroxylation is 2. The number of hydrogen-bond acceptors (Lipinski definition) is 4. The molecular weight excluding hydrogens is 358 g/mol. The Morgan fingerprint density at radius 3 is 2.96 bits per heavy atom. The van der Waals surface area contributed by atoms with Crippen molar-refractivity contribution in [3.63, 3.8) is 0 Å². The first kappa shape index (κ1) is 17.5. The Hall–Kier alpha value is -2.31. The average molecular weight is 376 g/mol. The molecule has 0 saturated carbocycles. The van der Waals surface area contributed by atoms with E-state index in [1.165, 1.54) is 11.3 Å². The summed E-state index contributed by atoms with van der Waals surface area (Å²) in [5.74, 6) is 0.642. The molecule has 0 atom stereocenters. The summed E-state index contributed by atoms with van der Waals surface area (Å²) in [6.45, 7) is 5.11. The number of benzene rings is 1. The van der Waals surface area contributed by atoms with Gasteiger partial charge in [0.05, 0.1) is 16.8 Å². The Labute approximate surface area is 155 Å². The second-order valence-corrected chi connectivity index (χ2v) is 6.90. The predicted molar refractivity (Wildman–Crippen MR) is 101 cm³/mol. The van der Waals surface area contributed by atoms with Gasteiger partial charge in [0.25, 0.3) is 5.91 Å². The van der Waals surface area contributed by atoms with E-state index in [1.807, 2.05) is 37.4 Å². The van der Waals surface area contributed by atoms with Crippen molar-refractivity contribution >= 4 is 34.5 Å². The minimum Gasteiger partial charge on any atom is -0.489 e. The van der Waals surface area contributed by atoms with Crippen LogP contribution in [0.15, 0.2) is 42.0 Å². The molecule has 0 aliphatic heterocycles. The minimum absolute atomic E-state index is 0.144. The van der Waals surface area contributed by atoms with E-state index in [9.17, 15) is 4.79 Å². The Morgan fingerprint density at radius 1 is 1.40 bits per heavy atom. The number of anilines is 1. The van der Waals surface area contributed by atoms with Crippen LogP contribution >= 0.6 is 22.9 Å². The van der Waals surface area contributed by atoms with Crippen molar-refractivity contribution < 1.29 is 9.53 Å². The van der Waals surface area contributed by atoms with Crippen LogP contribution in [0, 0.1) is 6.92 Å². The van der Waals surface area contributed by atoms with Gasteiger partial charge in [-0.1, -0.05) is 11.6 Å². The van der Waals surface area contributed by atoms with E-state index in [4.69, 9.17) is 16.3 Å². The van der Waals surface area contributed by atoms with E-state index in [2.05, 4.69) is 10.4 Å². The number of rotatable bonds is 6. The molecule has 2 heterocycles. The first-order valence-electron chi connectivity index (χ1n) is 7.85. The lowest BCUT2D eigenvalue weighted by Crippen LogP contribution is -2.09. The number of ether oxygens (including phenoxy) is 1. The highest BCUT2D eigenvalue weighted by atomic mass is 35.5. The van der Waals surface area contributed by atoms with Gasteiger partial charge in [0.15, 0.2) is 0 Å². The highest BCUT2D eigenvalue weighted by Gasteiger charge is 2.11. The van der Waals surface area contributed by atoms with Gasteiger partial charge in [-0.2, -0.15) is 5.10 Å². The van der Waals surface area contributed by atoms with Gasteiger partial charge < -0.3 is 10.1 Å². The van der Waals surface area contributed by atoms with Crippen LogP contribution < -0.4 is 10.1 Å². The Bertz CT molecular complexity index is 888. The first-order valence-corrected chi connectivity index (χ1v) is 9.11. The topological polar surface area (TPSA) is 56.2 Å². The molecule has 5 nitrogen and oxygen atoms in total. The number of hydrogen-bond donors (Lipinski definition) is 1. The molecular formula is C18H18ClN3O2S. The van der Waals surface area contributed by atoms with Gasteiger partial charge in [-0.3, -0.25) is 9.48 Å². The molecule has 0 spiro atoms. The second-order valence-electron chi connectivity index (χ2n) is 5.56. The molecule has 0 aliphatic carbocycles. The number of carbonyl (C=O) groups is 1. The van der Waals surface area contributed by atoms with Crippen molar-refractivity contribution in [3.8, 4) is 5.75 Å². The largest absolute Gasteiger partial charge is 0.489 e. The maximum Gasteiger partial charge on any atom is 0.265 e.